The summed E-state index contributed by atoms with van der Waals surface area (Å²) in [6, 6.07) is 11.5. The third kappa shape index (κ3) is 3.37. The van der Waals surface area contributed by atoms with Crippen LogP contribution >= 0.6 is 0 Å². The van der Waals surface area contributed by atoms with Crippen LogP contribution in [0.25, 0.3) is 0 Å². The van der Waals surface area contributed by atoms with Crippen LogP contribution < -0.4 is 19.5 Å². The van der Waals surface area contributed by atoms with Gasteiger partial charge in [-0.1, -0.05) is 19.1 Å². The Balaban J connectivity index is 1.62. The Morgan fingerprint density at radius 1 is 1.19 bits per heavy atom. The molecule has 3 rings (SSSR count). The number of aromatic nitrogens is 1. The molecule has 0 aliphatic carbocycles. The van der Waals surface area contributed by atoms with Gasteiger partial charge in [-0.3, -0.25) is 0 Å². The van der Waals surface area contributed by atoms with Gasteiger partial charge in [0.2, 0.25) is 12.7 Å². The lowest BCUT2D eigenvalue weighted by Gasteiger charge is -2.08. The highest BCUT2D eigenvalue weighted by Crippen LogP contribution is 2.32. The molecule has 1 aliphatic heterocycles. The van der Waals surface area contributed by atoms with E-state index in [1.165, 1.54) is 0 Å². The lowest BCUT2D eigenvalue weighted by molar-refractivity contribution is 0.174. The van der Waals surface area contributed by atoms with Crippen LogP contribution in [0.2, 0.25) is 0 Å². The molecule has 1 aromatic heterocycles. The van der Waals surface area contributed by atoms with Crippen LogP contribution in [0.5, 0.6) is 17.4 Å². The van der Waals surface area contributed by atoms with E-state index in [0.717, 1.165) is 35.8 Å². The van der Waals surface area contributed by atoms with Gasteiger partial charge in [-0.2, -0.15) is 4.98 Å². The first kappa shape index (κ1) is 13.5. The smallest absolute Gasteiger partial charge is 0.231 e. The number of benzene rings is 1. The van der Waals surface area contributed by atoms with Crippen LogP contribution in [0, 0.1) is 0 Å². The molecule has 0 saturated carbocycles. The molecule has 5 heteroatoms. The van der Waals surface area contributed by atoms with Crippen molar-refractivity contribution in [2.75, 3.05) is 18.7 Å². The number of ether oxygens (including phenoxy) is 3. The highest BCUT2D eigenvalue weighted by molar-refractivity contribution is 5.44. The predicted molar refractivity (Wildman–Crippen MR) is 79.9 cm³/mol. The van der Waals surface area contributed by atoms with E-state index in [-0.39, 0.29) is 6.79 Å². The SMILES string of the molecule is CCCNc1cccc(OCc2ccc3c(c2)OCO3)n1. The molecule has 1 aromatic carbocycles. The summed E-state index contributed by atoms with van der Waals surface area (Å²) in [5.74, 6) is 2.99. The number of nitrogens with one attached hydrogen (secondary N) is 1. The fourth-order valence-corrected chi connectivity index (χ4v) is 2.03. The van der Waals surface area contributed by atoms with Crippen molar-refractivity contribution in [3.05, 3.63) is 42.0 Å². The average molecular weight is 286 g/mol. The summed E-state index contributed by atoms with van der Waals surface area (Å²) >= 11 is 0. The number of fused-ring (bicyclic) bond motifs is 1. The molecule has 1 aliphatic rings. The molecule has 2 heterocycles. The van der Waals surface area contributed by atoms with Gasteiger partial charge in [0.25, 0.3) is 0 Å². The third-order valence-corrected chi connectivity index (χ3v) is 3.10. The van der Waals surface area contributed by atoms with Gasteiger partial charge in [0.15, 0.2) is 11.5 Å². The van der Waals surface area contributed by atoms with Crippen molar-refractivity contribution in [3.63, 3.8) is 0 Å². The van der Waals surface area contributed by atoms with Crippen molar-refractivity contribution in [1.82, 2.24) is 4.98 Å². The Kier molecular flexibility index (Phi) is 4.09. The summed E-state index contributed by atoms with van der Waals surface area (Å²) in [6.45, 7) is 3.75. The summed E-state index contributed by atoms with van der Waals surface area (Å²) in [6.07, 6.45) is 1.06. The number of hydrogen-bond acceptors (Lipinski definition) is 5. The fourth-order valence-electron chi connectivity index (χ4n) is 2.03. The van der Waals surface area contributed by atoms with Crippen LogP contribution in [0.1, 0.15) is 18.9 Å². The third-order valence-electron chi connectivity index (χ3n) is 3.10. The lowest BCUT2D eigenvalue weighted by atomic mass is 10.2. The summed E-state index contributed by atoms with van der Waals surface area (Å²) in [4.78, 5) is 4.41. The van der Waals surface area contributed by atoms with E-state index in [1.54, 1.807) is 0 Å². The first-order valence-corrected chi connectivity index (χ1v) is 7.07. The van der Waals surface area contributed by atoms with E-state index in [4.69, 9.17) is 14.2 Å². The van der Waals surface area contributed by atoms with Crippen molar-refractivity contribution in [3.8, 4) is 17.4 Å². The molecule has 1 N–H and O–H groups in total. The van der Waals surface area contributed by atoms with Crippen LogP contribution in [0.3, 0.4) is 0 Å². The van der Waals surface area contributed by atoms with Gasteiger partial charge in [-0.25, -0.2) is 0 Å². The molecule has 2 aromatic rings. The van der Waals surface area contributed by atoms with Gasteiger partial charge in [-0.05, 0) is 30.2 Å². The number of rotatable bonds is 6. The molecule has 0 radical (unpaired) electrons. The van der Waals surface area contributed by atoms with Crippen molar-refractivity contribution < 1.29 is 14.2 Å². The zero-order valence-corrected chi connectivity index (χ0v) is 12.0. The van der Waals surface area contributed by atoms with Gasteiger partial charge in [0.1, 0.15) is 12.4 Å². The number of pyridine rings is 1. The molecule has 0 unspecified atom stereocenters. The maximum atomic E-state index is 5.72. The van der Waals surface area contributed by atoms with Crippen molar-refractivity contribution in [1.29, 1.82) is 0 Å². The van der Waals surface area contributed by atoms with Crippen LogP contribution in [-0.4, -0.2) is 18.3 Å². The monoisotopic (exact) mass is 286 g/mol. The van der Waals surface area contributed by atoms with Crippen LogP contribution in [0.15, 0.2) is 36.4 Å². The molecule has 0 bridgehead atoms. The topological polar surface area (TPSA) is 52.6 Å². The van der Waals surface area contributed by atoms with E-state index < -0.39 is 0 Å². The minimum absolute atomic E-state index is 0.284. The fraction of sp³-hybridized carbons (Fsp3) is 0.312. The zero-order chi connectivity index (χ0) is 14.5. The molecular formula is C16H18N2O3. The Hall–Kier alpha value is -2.43. The largest absolute Gasteiger partial charge is 0.473 e. The number of nitrogens with zero attached hydrogens (tertiary/aromatic N) is 1. The maximum absolute atomic E-state index is 5.72. The Morgan fingerprint density at radius 2 is 2.10 bits per heavy atom. The quantitative estimate of drug-likeness (QED) is 0.883. The van der Waals surface area contributed by atoms with Crippen molar-refractivity contribution in [2.45, 2.75) is 20.0 Å². The Labute approximate surface area is 123 Å². The van der Waals surface area contributed by atoms with Gasteiger partial charge >= 0.3 is 0 Å². The molecule has 0 spiro atoms. The van der Waals surface area contributed by atoms with Crippen molar-refractivity contribution >= 4 is 5.82 Å². The summed E-state index contributed by atoms with van der Waals surface area (Å²) in [5, 5.41) is 3.24. The zero-order valence-electron chi connectivity index (χ0n) is 12.0. The summed E-state index contributed by atoms with van der Waals surface area (Å²) in [5.41, 5.74) is 1.02. The molecular weight excluding hydrogens is 268 g/mol. The minimum atomic E-state index is 0.284. The number of hydrogen-bond donors (Lipinski definition) is 1. The molecule has 5 nitrogen and oxygen atoms in total. The second-order valence-electron chi connectivity index (χ2n) is 4.76. The van der Waals surface area contributed by atoms with Gasteiger partial charge < -0.3 is 19.5 Å². The van der Waals surface area contributed by atoms with E-state index in [9.17, 15) is 0 Å². The molecule has 0 atom stereocenters. The van der Waals surface area contributed by atoms with E-state index in [0.29, 0.717) is 12.5 Å². The molecule has 110 valence electrons. The Bertz CT molecular complexity index is 616. The van der Waals surface area contributed by atoms with E-state index in [2.05, 4.69) is 17.2 Å². The highest BCUT2D eigenvalue weighted by Gasteiger charge is 2.13. The maximum Gasteiger partial charge on any atom is 0.231 e. The van der Waals surface area contributed by atoms with Crippen LogP contribution in [0.4, 0.5) is 5.82 Å². The Morgan fingerprint density at radius 3 is 3.00 bits per heavy atom. The summed E-state index contributed by atoms with van der Waals surface area (Å²) in [7, 11) is 0. The molecule has 0 fully saturated rings. The first-order valence-electron chi connectivity index (χ1n) is 7.07. The summed E-state index contributed by atoms with van der Waals surface area (Å²) < 4.78 is 16.4. The normalized spacial score (nSPS) is 12.2. The second kappa shape index (κ2) is 6.35. The van der Waals surface area contributed by atoms with Gasteiger partial charge in [0, 0.05) is 12.6 Å². The molecule has 21 heavy (non-hydrogen) atoms. The number of anilines is 1. The molecule has 0 saturated heterocycles. The standard InChI is InChI=1S/C16H18N2O3/c1-2-8-17-15-4-3-5-16(18-15)19-10-12-6-7-13-14(9-12)21-11-20-13/h3-7,9H,2,8,10-11H2,1H3,(H,17,18). The van der Waals surface area contributed by atoms with E-state index >= 15 is 0 Å². The lowest BCUT2D eigenvalue weighted by Crippen LogP contribution is -2.03. The average Bonchev–Trinajstić information content (AvgIpc) is 2.99. The van der Waals surface area contributed by atoms with Crippen molar-refractivity contribution in [2.24, 2.45) is 0 Å². The minimum Gasteiger partial charge on any atom is -0.473 e. The van der Waals surface area contributed by atoms with Crippen LogP contribution in [-0.2, 0) is 6.61 Å². The van der Waals surface area contributed by atoms with Gasteiger partial charge in [0.05, 0.1) is 0 Å². The first-order chi connectivity index (χ1) is 10.3. The molecule has 0 amide bonds. The van der Waals surface area contributed by atoms with Gasteiger partial charge in [-0.15, -0.1) is 0 Å². The predicted octanol–water partition coefficient (Wildman–Crippen LogP) is 3.21. The second-order valence-corrected chi connectivity index (χ2v) is 4.76. The van der Waals surface area contributed by atoms with E-state index in [1.807, 2.05) is 36.4 Å². The highest BCUT2D eigenvalue weighted by atomic mass is 16.7.